The SMILES string of the molecule is COc1cccc(C(=O)NCCc2nc3ccccc3n2Cc2ccc(C(C)C)cc2)c1. The van der Waals surface area contributed by atoms with Gasteiger partial charge in [-0.15, -0.1) is 0 Å². The number of hydrogen-bond acceptors (Lipinski definition) is 3. The summed E-state index contributed by atoms with van der Waals surface area (Å²) in [5.74, 6) is 2.03. The molecule has 1 heterocycles. The van der Waals surface area contributed by atoms with Gasteiger partial charge in [0.2, 0.25) is 0 Å². The lowest BCUT2D eigenvalue weighted by atomic mass is 10.0. The molecule has 5 nitrogen and oxygen atoms in total. The molecular weight excluding hydrogens is 398 g/mol. The van der Waals surface area contributed by atoms with E-state index in [0.29, 0.717) is 30.2 Å². The van der Waals surface area contributed by atoms with Crippen molar-refractivity contribution in [3.05, 3.63) is 95.3 Å². The van der Waals surface area contributed by atoms with Gasteiger partial charge in [0.1, 0.15) is 11.6 Å². The Bertz CT molecular complexity index is 1210. The number of fused-ring (bicyclic) bond motifs is 1. The minimum Gasteiger partial charge on any atom is -0.497 e. The molecule has 1 amide bonds. The average molecular weight is 428 g/mol. The van der Waals surface area contributed by atoms with Gasteiger partial charge in [0.05, 0.1) is 18.1 Å². The van der Waals surface area contributed by atoms with Gasteiger partial charge in [-0.2, -0.15) is 0 Å². The number of carbonyl (C=O) groups excluding carboxylic acids is 1. The first kappa shape index (κ1) is 21.6. The van der Waals surface area contributed by atoms with Gasteiger partial charge < -0.3 is 14.6 Å². The van der Waals surface area contributed by atoms with Crippen molar-refractivity contribution in [1.82, 2.24) is 14.9 Å². The second-order valence-electron chi connectivity index (χ2n) is 8.24. The first-order valence-corrected chi connectivity index (χ1v) is 11.0. The zero-order chi connectivity index (χ0) is 22.5. The highest BCUT2D eigenvalue weighted by Crippen LogP contribution is 2.20. The van der Waals surface area contributed by atoms with E-state index in [2.05, 4.69) is 54.1 Å². The Kier molecular flexibility index (Phi) is 6.55. The van der Waals surface area contributed by atoms with Crippen LogP contribution in [0.1, 0.15) is 47.1 Å². The topological polar surface area (TPSA) is 56.1 Å². The summed E-state index contributed by atoms with van der Waals surface area (Å²) in [5.41, 5.74) is 5.24. The van der Waals surface area contributed by atoms with E-state index >= 15 is 0 Å². The normalized spacial score (nSPS) is 11.1. The number of imidazole rings is 1. The van der Waals surface area contributed by atoms with Crippen LogP contribution in [-0.4, -0.2) is 29.1 Å². The Morgan fingerprint density at radius 2 is 1.81 bits per heavy atom. The number of ether oxygens (including phenoxy) is 1. The zero-order valence-corrected chi connectivity index (χ0v) is 18.8. The molecule has 0 radical (unpaired) electrons. The van der Waals surface area contributed by atoms with Crippen LogP contribution in [0, 0.1) is 0 Å². The van der Waals surface area contributed by atoms with Crippen LogP contribution >= 0.6 is 0 Å². The highest BCUT2D eigenvalue weighted by atomic mass is 16.5. The standard InChI is InChI=1S/C27H29N3O2/c1-19(2)21-13-11-20(12-14-21)18-30-25-10-5-4-9-24(25)29-26(30)15-16-28-27(31)22-7-6-8-23(17-22)32-3/h4-14,17,19H,15-16,18H2,1-3H3,(H,28,31). The molecule has 0 fully saturated rings. The molecule has 0 bridgehead atoms. The molecule has 4 aromatic rings. The van der Waals surface area contributed by atoms with E-state index in [-0.39, 0.29) is 5.91 Å². The van der Waals surface area contributed by atoms with Gasteiger partial charge in [-0.05, 0) is 47.4 Å². The average Bonchev–Trinajstić information content (AvgIpc) is 3.16. The molecule has 164 valence electrons. The van der Waals surface area contributed by atoms with E-state index < -0.39 is 0 Å². The second kappa shape index (κ2) is 9.69. The van der Waals surface area contributed by atoms with Crippen LogP contribution in [0.4, 0.5) is 0 Å². The molecule has 0 atom stereocenters. The van der Waals surface area contributed by atoms with Crippen LogP contribution in [0.5, 0.6) is 5.75 Å². The van der Waals surface area contributed by atoms with E-state index in [9.17, 15) is 4.79 Å². The van der Waals surface area contributed by atoms with Crippen LogP contribution in [0.3, 0.4) is 0 Å². The fraction of sp³-hybridized carbons (Fsp3) is 0.259. The predicted molar refractivity (Wildman–Crippen MR) is 128 cm³/mol. The Morgan fingerprint density at radius 3 is 2.56 bits per heavy atom. The summed E-state index contributed by atoms with van der Waals surface area (Å²) in [6, 6.07) is 24.1. The van der Waals surface area contributed by atoms with E-state index in [0.717, 1.165) is 23.4 Å². The lowest BCUT2D eigenvalue weighted by Crippen LogP contribution is -2.26. The molecule has 0 aliphatic heterocycles. The second-order valence-corrected chi connectivity index (χ2v) is 8.24. The largest absolute Gasteiger partial charge is 0.497 e. The van der Waals surface area contributed by atoms with Crippen LogP contribution in [0.2, 0.25) is 0 Å². The minimum absolute atomic E-state index is 0.115. The number of amides is 1. The molecule has 0 saturated heterocycles. The Morgan fingerprint density at radius 1 is 1.03 bits per heavy atom. The maximum Gasteiger partial charge on any atom is 0.251 e. The highest BCUT2D eigenvalue weighted by Gasteiger charge is 2.12. The van der Waals surface area contributed by atoms with Crippen LogP contribution in [0.25, 0.3) is 11.0 Å². The predicted octanol–water partition coefficient (Wildman–Crippen LogP) is 5.19. The summed E-state index contributed by atoms with van der Waals surface area (Å²) in [6.07, 6.45) is 0.647. The molecule has 4 rings (SSSR count). The van der Waals surface area contributed by atoms with Gasteiger partial charge in [-0.3, -0.25) is 4.79 Å². The fourth-order valence-corrected chi connectivity index (χ4v) is 3.84. The minimum atomic E-state index is -0.115. The molecule has 0 spiro atoms. The van der Waals surface area contributed by atoms with Gasteiger partial charge in [-0.1, -0.05) is 56.3 Å². The summed E-state index contributed by atoms with van der Waals surface area (Å²) in [7, 11) is 1.60. The van der Waals surface area contributed by atoms with Crippen molar-refractivity contribution >= 4 is 16.9 Å². The lowest BCUT2D eigenvalue weighted by Gasteiger charge is -2.12. The number of benzene rings is 3. The van der Waals surface area contributed by atoms with Crippen LogP contribution in [-0.2, 0) is 13.0 Å². The molecule has 0 aliphatic carbocycles. The third kappa shape index (κ3) is 4.83. The maximum absolute atomic E-state index is 12.5. The van der Waals surface area contributed by atoms with Crippen LogP contribution < -0.4 is 10.1 Å². The number of rotatable bonds is 8. The molecule has 5 heteroatoms. The monoisotopic (exact) mass is 427 g/mol. The smallest absolute Gasteiger partial charge is 0.251 e. The van der Waals surface area contributed by atoms with Gasteiger partial charge in [0.15, 0.2) is 0 Å². The number of hydrogen-bond donors (Lipinski definition) is 1. The number of para-hydroxylation sites is 2. The summed E-state index contributed by atoms with van der Waals surface area (Å²) in [4.78, 5) is 17.4. The third-order valence-electron chi connectivity index (χ3n) is 5.69. The molecular formula is C27H29N3O2. The lowest BCUT2D eigenvalue weighted by molar-refractivity contribution is 0.0953. The van der Waals surface area contributed by atoms with Crippen molar-refractivity contribution in [2.45, 2.75) is 32.7 Å². The van der Waals surface area contributed by atoms with E-state index in [1.165, 1.54) is 11.1 Å². The Labute approximate surface area is 189 Å². The van der Waals surface area contributed by atoms with Crippen molar-refractivity contribution in [2.75, 3.05) is 13.7 Å². The molecule has 32 heavy (non-hydrogen) atoms. The molecule has 1 aromatic heterocycles. The number of aromatic nitrogens is 2. The van der Waals surface area contributed by atoms with Gasteiger partial charge in [-0.25, -0.2) is 4.98 Å². The number of carbonyl (C=O) groups is 1. The van der Waals surface area contributed by atoms with Gasteiger partial charge >= 0.3 is 0 Å². The Balaban J connectivity index is 1.50. The maximum atomic E-state index is 12.5. The Hall–Kier alpha value is -3.60. The van der Waals surface area contributed by atoms with Crippen molar-refractivity contribution in [2.24, 2.45) is 0 Å². The third-order valence-corrected chi connectivity index (χ3v) is 5.69. The van der Waals surface area contributed by atoms with Gasteiger partial charge in [0.25, 0.3) is 5.91 Å². The summed E-state index contributed by atoms with van der Waals surface area (Å²) in [5, 5.41) is 3.01. The fourth-order valence-electron chi connectivity index (χ4n) is 3.84. The summed E-state index contributed by atoms with van der Waals surface area (Å²) >= 11 is 0. The van der Waals surface area contributed by atoms with E-state index in [1.807, 2.05) is 30.3 Å². The quantitative estimate of drug-likeness (QED) is 0.421. The van der Waals surface area contributed by atoms with Crippen molar-refractivity contribution in [3.63, 3.8) is 0 Å². The van der Waals surface area contributed by atoms with Crippen molar-refractivity contribution < 1.29 is 9.53 Å². The summed E-state index contributed by atoms with van der Waals surface area (Å²) in [6.45, 7) is 5.66. The van der Waals surface area contributed by atoms with E-state index in [4.69, 9.17) is 9.72 Å². The first-order chi connectivity index (χ1) is 15.5. The molecule has 3 aromatic carbocycles. The molecule has 0 aliphatic rings. The zero-order valence-electron chi connectivity index (χ0n) is 18.8. The highest BCUT2D eigenvalue weighted by molar-refractivity contribution is 5.94. The molecule has 0 unspecified atom stereocenters. The number of nitrogens with one attached hydrogen (secondary N) is 1. The summed E-state index contributed by atoms with van der Waals surface area (Å²) < 4.78 is 7.46. The molecule has 1 N–H and O–H groups in total. The van der Waals surface area contributed by atoms with Crippen LogP contribution in [0.15, 0.2) is 72.8 Å². The number of nitrogens with zero attached hydrogens (tertiary/aromatic N) is 2. The number of methoxy groups -OCH3 is 1. The molecule has 0 saturated carbocycles. The van der Waals surface area contributed by atoms with Crippen molar-refractivity contribution in [3.8, 4) is 5.75 Å². The van der Waals surface area contributed by atoms with E-state index in [1.54, 1.807) is 19.2 Å². The van der Waals surface area contributed by atoms with Crippen molar-refractivity contribution in [1.29, 1.82) is 0 Å². The van der Waals surface area contributed by atoms with Gasteiger partial charge in [0, 0.05) is 25.1 Å². The first-order valence-electron chi connectivity index (χ1n) is 11.0.